The molecule has 0 unspecified atom stereocenters. The molecular weight excluding hydrogens is 234 g/mol. The lowest BCUT2D eigenvalue weighted by molar-refractivity contribution is 0.266. The maximum absolute atomic E-state index is 9.05. The van der Waals surface area contributed by atoms with Crippen LogP contribution >= 0.6 is 11.8 Å². The van der Waals surface area contributed by atoms with Crippen molar-refractivity contribution in [1.82, 2.24) is 14.8 Å². The highest BCUT2D eigenvalue weighted by Gasteiger charge is 2.20. The smallest absolute Gasteiger partial charge is 0.191 e. The molecule has 1 aromatic rings. The Morgan fingerprint density at radius 3 is 2.88 bits per heavy atom. The van der Waals surface area contributed by atoms with E-state index < -0.39 is 0 Å². The Morgan fingerprint density at radius 2 is 2.24 bits per heavy atom. The molecule has 96 valence electrons. The predicted octanol–water partition coefficient (Wildman–Crippen LogP) is 2.23. The lowest BCUT2D eigenvalue weighted by atomic mass is 9.83. The van der Waals surface area contributed by atoms with Gasteiger partial charge in [-0.1, -0.05) is 31.5 Å². The van der Waals surface area contributed by atoms with Crippen LogP contribution in [0.4, 0.5) is 0 Å². The zero-order chi connectivity index (χ0) is 12.3. The first-order valence-electron chi connectivity index (χ1n) is 6.32. The van der Waals surface area contributed by atoms with E-state index in [0.29, 0.717) is 5.82 Å². The van der Waals surface area contributed by atoms with Crippen molar-refractivity contribution in [2.24, 2.45) is 18.9 Å². The first-order valence-corrected chi connectivity index (χ1v) is 7.31. The molecule has 4 nitrogen and oxygen atoms in total. The zero-order valence-corrected chi connectivity index (χ0v) is 11.4. The monoisotopic (exact) mass is 255 g/mol. The van der Waals surface area contributed by atoms with Gasteiger partial charge in [-0.2, -0.15) is 0 Å². The zero-order valence-electron chi connectivity index (χ0n) is 10.6. The first-order chi connectivity index (χ1) is 8.20. The van der Waals surface area contributed by atoms with E-state index in [2.05, 4.69) is 17.1 Å². The summed E-state index contributed by atoms with van der Waals surface area (Å²) >= 11 is 1.77. The molecule has 5 heteroatoms. The minimum atomic E-state index is -0.0372. The molecule has 1 aliphatic carbocycles. The van der Waals surface area contributed by atoms with Crippen LogP contribution in [-0.2, 0) is 13.7 Å². The third-order valence-corrected chi connectivity index (χ3v) is 4.81. The molecule has 2 rings (SSSR count). The van der Waals surface area contributed by atoms with Crippen molar-refractivity contribution in [1.29, 1.82) is 0 Å². The summed E-state index contributed by atoms with van der Waals surface area (Å²) in [4.78, 5) is 0. The van der Waals surface area contributed by atoms with E-state index in [0.717, 1.165) is 22.7 Å². The summed E-state index contributed by atoms with van der Waals surface area (Å²) in [5, 5.41) is 18.0. The summed E-state index contributed by atoms with van der Waals surface area (Å²) in [5.74, 6) is 3.46. The Morgan fingerprint density at radius 1 is 1.41 bits per heavy atom. The lowest BCUT2D eigenvalue weighted by Crippen LogP contribution is -2.15. The van der Waals surface area contributed by atoms with Gasteiger partial charge in [-0.15, -0.1) is 10.2 Å². The molecule has 17 heavy (non-hydrogen) atoms. The Hall–Kier alpha value is -0.550. The van der Waals surface area contributed by atoms with Gasteiger partial charge in [0.15, 0.2) is 11.0 Å². The average Bonchev–Trinajstić information content (AvgIpc) is 2.67. The van der Waals surface area contributed by atoms with Gasteiger partial charge in [-0.3, -0.25) is 0 Å². The van der Waals surface area contributed by atoms with E-state index in [1.165, 1.54) is 25.7 Å². The summed E-state index contributed by atoms with van der Waals surface area (Å²) in [6, 6.07) is 0. The number of hydrogen-bond donors (Lipinski definition) is 1. The van der Waals surface area contributed by atoms with E-state index in [1.807, 2.05) is 11.6 Å². The van der Waals surface area contributed by atoms with Gasteiger partial charge in [0, 0.05) is 12.8 Å². The number of nitrogens with zero attached hydrogens (tertiary/aromatic N) is 3. The van der Waals surface area contributed by atoms with Crippen molar-refractivity contribution in [2.75, 3.05) is 5.75 Å². The molecular formula is C12H21N3OS. The summed E-state index contributed by atoms with van der Waals surface area (Å²) < 4.78 is 1.89. The standard InChI is InChI=1S/C12H21N3OS/c1-9-4-3-5-10(6-9)8-17-12-14-13-11(7-16)15(12)2/h9-10,16H,3-8H2,1-2H3/t9-,10-/m0/s1. The van der Waals surface area contributed by atoms with Gasteiger partial charge in [-0.05, 0) is 24.7 Å². The predicted molar refractivity (Wildman–Crippen MR) is 68.8 cm³/mol. The molecule has 0 radical (unpaired) electrons. The fourth-order valence-corrected chi connectivity index (χ4v) is 3.60. The van der Waals surface area contributed by atoms with Crippen LogP contribution in [0.25, 0.3) is 0 Å². The fourth-order valence-electron chi connectivity index (χ4n) is 2.51. The topological polar surface area (TPSA) is 50.9 Å². The van der Waals surface area contributed by atoms with Crippen molar-refractivity contribution >= 4 is 11.8 Å². The van der Waals surface area contributed by atoms with Crippen LogP contribution in [0, 0.1) is 11.8 Å². The normalized spacial score (nSPS) is 25.1. The van der Waals surface area contributed by atoms with Gasteiger partial charge in [0.05, 0.1) is 0 Å². The third kappa shape index (κ3) is 3.22. The Balaban J connectivity index is 1.86. The molecule has 1 aromatic heterocycles. The average molecular weight is 255 g/mol. The van der Waals surface area contributed by atoms with Crippen molar-refractivity contribution in [3.8, 4) is 0 Å². The van der Waals surface area contributed by atoms with Crippen molar-refractivity contribution in [2.45, 2.75) is 44.4 Å². The van der Waals surface area contributed by atoms with Gasteiger partial charge in [0.2, 0.25) is 0 Å². The molecule has 0 bridgehead atoms. The number of thioether (sulfide) groups is 1. The molecule has 0 amide bonds. The largest absolute Gasteiger partial charge is 0.388 e. The number of hydrogen-bond acceptors (Lipinski definition) is 4. The molecule has 0 aromatic carbocycles. The molecule has 0 saturated heterocycles. The van der Waals surface area contributed by atoms with E-state index in [1.54, 1.807) is 11.8 Å². The van der Waals surface area contributed by atoms with E-state index >= 15 is 0 Å². The Kier molecular flexibility index (Phi) is 4.45. The SMILES string of the molecule is C[C@H]1CCC[C@H](CSc2nnc(CO)n2C)C1. The Labute approximate surface area is 107 Å². The third-order valence-electron chi connectivity index (χ3n) is 3.56. The first kappa shape index (κ1) is 12.9. The summed E-state index contributed by atoms with van der Waals surface area (Å²) in [7, 11) is 1.91. The molecule has 1 fully saturated rings. The van der Waals surface area contributed by atoms with Gasteiger partial charge < -0.3 is 9.67 Å². The fraction of sp³-hybridized carbons (Fsp3) is 0.833. The Bertz CT molecular complexity index is 367. The van der Waals surface area contributed by atoms with Crippen LogP contribution in [0.2, 0.25) is 0 Å². The van der Waals surface area contributed by atoms with Crippen LogP contribution in [0.15, 0.2) is 5.16 Å². The van der Waals surface area contributed by atoms with Gasteiger partial charge in [0.1, 0.15) is 6.61 Å². The number of aromatic nitrogens is 3. The minimum absolute atomic E-state index is 0.0372. The highest BCUT2D eigenvalue weighted by molar-refractivity contribution is 7.99. The summed E-state index contributed by atoms with van der Waals surface area (Å²) in [6.45, 7) is 2.31. The molecule has 1 aliphatic rings. The van der Waals surface area contributed by atoms with Crippen LogP contribution in [0.3, 0.4) is 0 Å². The number of rotatable bonds is 4. The highest BCUT2D eigenvalue weighted by Crippen LogP contribution is 2.32. The second kappa shape index (κ2) is 5.87. The van der Waals surface area contributed by atoms with E-state index in [9.17, 15) is 0 Å². The molecule has 0 spiro atoms. The molecule has 2 atom stereocenters. The molecule has 1 saturated carbocycles. The lowest BCUT2D eigenvalue weighted by Gasteiger charge is -2.26. The molecule has 0 aliphatic heterocycles. The summed E-state index contributed by atoms with van der Waals surface area (Å²) in [5.41, 5.74) is 0. The number of aliphatic hydroxyl groups is 1. The van der Waals surface area contributed by atoms with Crippen molar-refractivity contribution in [3.63, 3.8) is 0 Å². The second-order valence-corrected chi connectivity index (χ2v) is 6.05. The summed E-state index contributed by atoms with van der Waals surface area (Å²) in [6.07, 6.45) is 5.45. The van der Waals surface area contributed by atoms with E-state index in [4.69, 9.17) is 5.11 Å². The van der Waals surface area contributed by atoms with Crippen LogP contribution < -0.4 is 0 Å². The van der Waals surface area contributed by atoms with Crippen LogP contribution in [0.5, 0.6) is 0 Å². The second-order valence-electron chi connectivity index (χ2n) is 5.06. The van der Waals surface area contributed by atoms with Crippen LogP contribution in [-0.4, -0.2) is 25.6 Å². The minimum Gasteiger partial charge on any atom is -0.388 e. The van der Waals surface area contributed by atoms with E-state index in [-0.39, 0.29) is 6.61 Å². The maximum atomic E-state index is 9.05. The van der Waals surface area contributed by atoms with Crippen molar-refractivity contribution in [3.05, 3.63) is 5.82 Å². The van der Waals surface area contributed by atoms with Gasteiger partial charge >= 0.3 is 0 Å². The highest BCUT2D eigenvalue weighted by atomic mass is 32.2. The molecule has 1 heterocycles. The molecule has 1 N–H and O–H groups in total. The van der Waals surface area contributed by atoms with Crippen molar-refractivity contribution < 1.29 is 5.11 Å². The quantitative estimate of drug-likeness (QED) is 0.838. The van der Waals surface area contributed by atoms with Gasteiger partial charge in [0.25, 0.3) is 0 Å². The van der Waals surface area contributed by atoms with Gasteiger partial charge in [-0.25, -0.2) is 0 Å². The maximum Gasteiger partial charge on any atom is 0.191 e. The number of aliphatic hydroxyl groups excluding tert-OH is 1. The van der Waals surface area contributed by atoms with Crippen LogP contribution in [0.1, 0.15) is 38.4 Å².